The molecule has 0 aliphatic heterocycles. The van der Waals surface area contributed by atoms with Crippen LogP contribution in [-0.4, -0.2) is 19.0 Å². The molecule has 0 aromatic heterocycles. The highest BCUT2D eigenvalue weighted by molar-refractivity contribution is 9.10. The van der Waals surface area contributed by atoms with Crippen LogP contribution in [0.15, 0.2) is 22.7 Å². The molecule has 90 valence electrons. The molecule has 16 heavy (non-hydrogen) atoms. The Morgan fingerprint density at radius 1 is 1.38 bits per heavy atom. The first-order chi connectivity index (χ1) is 7.33. The second kappa shape index (κ2) is 5.03. The highest BCUT2D eigenvalue weighted by Gasteiger charge is 2.41. The Labute approximate surface area is 98.5 Å². The number of alkyl halides is 4. The van der Waals surface area contributed by atoms with Crippen molar-refractivity contribution in [3.63, 3.8) is 0 Å². The molecule has 0 heterocycles. The Morgan fingerprint density at radius 3 is 2.50 bits per heavy atom. The Balaban J connectivity index is 2.65. The zero-order chi connectivity index (χ0) is 12.3. The maximum Gasteiger partial charge on any atom is 0.340 e. The fourth-order valence-electron chi connectivity index (χ4n) is 0.950. The molecule has 0 N–H and O–H groups in total. The van der Waals surface area contributed by atoms with E-state index in [0.717, 1.165) is 10.0 Å². The van der Waals surface area contributed by atoms with Gasteiger partial charge in [0.05, 0.1) is 0 Å². The molecule has 0 saturated heterocycles. The molecule has 6 heteroatoms. The van der Waals surface area contributed by atoms with Gasteiger partial charge in [0.2, 0.25) is 0 Å². The first-order valence-corrected chi connectivity index (χ1v) is 5.17. The van der Waals surface area contributed by atoms with Gasteiger partial charge in [0.15, 0.2) is 6.61 Å². The lowest BCUT2D eigenvalue weighted by molar-refractivity contribution is -0.148. The number of aryl methyl sites for hydroxylation is 1. The zero-order valence-corrected chi connectivity index (χ0v) is 9.90. The van der Waals surface area contributed by atoms with Crippen molar-refractivity contribution in [2.45, 2.75) is 19.3 Å². The summed E-state index contributed by atoms with van der Waals surface area (Å²) in [5.74, 6) is -3.98. The van der Waals surface area contributed by atoms with E-state index in [1.165, 1.54) is 12.1 Å². The van der Waals surface area contributed by atoms with Gasteiger partial charge >= 0.3 is 12.3 Å². The summed E-state index contributed by atoms with van der Waals surface area (Å²) in [6.45, 7) is 0.411. The third-order valence-corrected chi connectivity index (χ3v) is 2.77. The van der Waals surface area contributed by atoms with E-state index < -0.39 is 19.0 Å². The van der Waals surface area contributed by atoms with Gasteiger partial charge < -0.3 is 4.74 Å². The van der Waals surface area contributed by atoms with Gasteiger partial charge in [-0.2, -0.15) is 8.78 Å². The van der Waals surface area contributed by atoms with Crippen molar-refractivity contribution in [2.24, 2.45) is 0 Å². The predicted octanol–water partition coefficient (Wildman–Crippen LogP) is 4.04. The maximum absolute atomic E-state index is 12.5. The van der Waals surface area contributed by atoms with Crippen LogP contribution in [0.3, 0.4) is 0 Å². The molecule has 0 unspecified atom stereocenters. The van der Waals surface area contributed by atoms with Gasteiger partial charge in [0.1, 0.15) is 5.75 Å². The summed E-state index contributed by atoms with van der Waals surface area (Å²) in [4.78, 5) is 0. The van der Waals surface area contributed by atoms with E-state index in [2.05, 4.69) is 20.7 Å². The molecule has 0 amide bonds. The summed E-state index contributed by atoms with van der Waals surface area (Å²) in [6.07, 6.45) is -3.72. The SMILES string of the molecule is Cc1cc(OCC(F)(F)C(F)F)ccc1Br. The van der Waals surface area contributed by atoms with Crippen LogP contribution in [0.5, 0.6) is 5.75 Å². The minimum atomic E-state index is -4.12. The first kappa shape index (κ1) is 13.3. The van der Waals surface area contributed by atoms with Crippen molar-refractivity contribution >= 4 is 15.9 Å². The second-order valence-corrected chi connectivity index (χ2v) is 4.12. The van der Waals surface area contributed by atoms with E-state index in [4.69, 9.17) is 0 Å². The number of ether oxygens (including phenoxy) is 1. The molecule has 0 atom stereocenters. The van der Waals surface area contributed by atoms with Gasteiger partial charge in [0, 0.05) is 4.47 Å². The molecule has 0 aliphatic rings. The van der Waals surface area contributed by atoms with Gasteiger partial charge in [-0.15, -0.1) is 0 Å². The topological polar surface area (TPSA) is 9.23 Å². The molecule has 0 spiro atoms. The van der Waals surface area contributed by atoms with Crippen LogP contribution in [0.4, 0.5) is 17.6 Å². The van der Waals surface area contributed by atoms with Crippen LogP contribution in [0.2, 0.25) is 0 Å². The van der Waals surface area contributed by atoms with E-state index in [9.17, 15) is 17.6 Å². The molecule has 0 fully saturated rings. The van der Waals surface area contributed by atoms with Crippen molar-refractivity contribution < 1.29 is 22.3 Å². The normalized spacial score (nSPS) is 11.9. The molecule has 0 saturated carbocycles. The van der Waals surface area contributed by atoms with E-state index in [1.54, 1.807) is 13.0 Å². The Kier molecular flexibility index (Phi) is 4.18. The molecule has 0 bridgehead atoms. The number of benzene rings is 1. The average molecular weight is 301 g/mol. The van der Waals surface area contributed by atoms with Crippen molar-refractivity contribution in [2.75, 3.05) is 6.61 Å². The van der Waals surface area contributed by atoms with Crippen LogP contribution in [0.25, 0.3) is 0 Å². The molecule has 1 aromatic carbocycles. The zero-order valence-electron chi connectivity index (χ0n) is 8.31. The highest BCUT2D eigenvalue weighted by atomic mass is 79.9. The molecular formula is C10H9BrF4O. The van der Waals surface area contributed by atoms with Crippen LogP contribution in [0.1, 0.15) is 5.56 Å². The van der Waals surface area contributed by atoms with Crippen LogP contribution >= 0.6 is 15.9 Å². The van der Waals surface area contributed by atoms with E-state index in [-0.39, 0.29) is 5.75 Å². The van der Waals surface area contributed by atoms with Gasteiger partial charge in [-0.25, -0.2) is 8.78 Å². The van der Waals surface area contributed by atoms with Gasteiger partial charge in [0.25, 0.3) is 0 Å². The number of rotatable bonds is 4. The Morgan fingerprint density at radius 2 is 2.00 bits per heavy atom. The molecule has 0 radical (unpaired) electrons. The summed E-state index contributed by atoms with van der Waals surface area (Å²) in [7, 11) is 0. The van der Waals surface area contributed by atoms with Crippen molar-refractivity contribution in [1.82, 2.24) is 0 Å². The molecule has 1 nitrogen and oxygen atoms in total. The van der Waals surface area contributed by atoms with Crippen molar-refractivity contribution in [3.8, 4) is 5.75 Å². The summed E-state index contributed by atoms with van der Waals surface area (Å²) in [6, 6.07) is 4.52. The van der Waals surface area contributed by atoms with E-state index in [0.29, 0.717) is 0 Å². The second-order valence-electron chi connectivity index (χ2n) is 3.26. The largest absolute Gasteiger partial charge is 0.487 e. The Hall–Kier alpha value is -0.780. The lowest BCUT2D eigenvalue weighted by atomic mass is 10.2. The number of hydrogen-bond acceptors (Lipinski definition) is 1. The average Bonchev–Trinajstić information content (AvgIpc) is 2.20. The maximum atomic E-state index is 12.5. The molecule has 0 aliphatic carbocycles. The van der Waals surface area contributed by atoms with E-state index >= 15 is 0 Å². The third kappa shape index (κ3) is 3.37. The fraction of sp³-hybridized carbons (Fsp3) is 0.400. The highest BCUT2D eigenvalue weighted by Crippen LogP contribution is 2.26. The predicted molar refractivity (Wildman–Crippen MR) is 55.3 cm³/mol. The first-order valence-electron chi connectivity index (χ1n) is 4.38. The van der Waals surface area contributed by atoms with Gasteiger partial charge in [-0.3, -0.25) is 0 Å². The summed E-state index contributed by atoms with van der Waals surface area (Å²) >= 11 is 3.22. The number of hydrogen-bond donors (Lipinski definition) is 0. The van der Waals surface area contributed by atoms with Crippen LogP contribution < -0.4 is 4.74 Å². The lowest BCUT2D eigenvalue weighted by Gasteiger charge is -2.16. The third-order valence-electron chi connectivity index (χ3n) is 1.88. The quantitative estimate of drug-likeness (QED) is 0.763. The van der Waals surface area contributed by atoms with Crippen LogP contribution in [-0.2, 0) is 0 Å². The Bertz CT molecular complexity index is 368. The summed E-state index contributed by atoms with van der Waals surface area (Å²) < 4.78 is 54.1. The van der Waals surface area contributed by atoms with Gasteiger partial charge in [-0.1, -0.05) is 15.9 Å². The van der Waals surface area contributed by atoms with Gasteiger partial charge in [-0.05, 0) is 30.7 Å². The minimum Gasteiger partial charge on any atom is -0.487 e. The smallest absolute Gasteiger partial charge is 0.340 e. The summed E-state index contributed by atoms with van der Waals surface area (Å²) in [5, 5.41) is 0. The molecular weight excluding hydrogens is 292 g/mol. The number of halogens is 5. The summed E-state index contributed by atoms with van der Waals surface area (Å²) in [5.41, 5.74) is 0.776. The lowest BCUT2D eigenvalue weighted by Crippen LogP contribution is -2.33. The molecule has 1 aromatic rings. The van der Waals surface area contributed by atoms with Crippen molar-refractivity contribution in [3.05, 3.63) is 28.2 Å². The van der Waals surface area contributed by atoms with Crippen LogP contribution in [0, 0.1) is 6.92 Å². The standard InChI is InChI=1S/C10H9BrF4O/c1-6-4-7(2-3-8(6)11)16-5-10(14,15)9(12)13/h2-4,9H,5H2,1H3. The monoisotopic (exact) mass is 300 g/mol. The molecule has 1 rings (SSSR count). The van der Waals surface area contributed by atoms with Crippen molar-refractivity contribution in [1.29, 1.82) is 0 Å². The minimum absolute atomic E-state index is 0.140. The fourth-order valence-corrected chi connectivity index (χ4v) is 1.20. The van der Waals surface area contributed by atoms with E-state index in [1.807, 2.05) is 0 Å².